The maximum Gasteiger partial charge on any atom is 0.225 e. The van der Waals surface area contributed by atoms with Gasteiger partial charge in [0.05, 0.1) is 5.92 Å². The first-order chi connectivity index (χ1) is 10.6. The highest BCUT2D eigenvalue weighted by molar-refractivity contribution is 5.89. The minimum atomic E-state index is -0.188. The number of rotatable bonds is 5. The number of likely N-dealkylation sites (tertiary alicyclic amines) is 1. The molecule has 5 heteroatoms. The average molecular weight is 304 g/mol. The summed E-state index contributed by atoms with van der Waals surface area (Å²) < 4.78 is 5.48. The molecular formula is C17H24N2O3. The van der Waals surface area contributed by atoms with Crippen molar-refractivity contribution >= 4 is 11.8 Å². The van der Waals surface area contributed by atoms with Crippen LogP contribution >= 0.6 is 0 Å². The Kier molecular flexibility index (Phi) is 4.50. The van der Waals surface area contributed by atoms with Gasteiger partial charge in [0, 0.05) is 32.0 Å². The number of hydrogen-bond acceptors (Lipinski definition) is 3. The topological polar surface area (TPSA) is 62.6 Å². The summed E-state index contributed by atoms with van der Waals surface area (Å²) in [4.78, 5) is 26.3. The van der Waals surface area contributed by atoms with Gasteiger partial charge >= 0.3 is 0 Å². The Morgan fingerprint density at radius 1 is 1.36 bits per heavy atom. The van der Waals surface area contributed by atoms with Crippen molar-refractivity contribution in [2.24, 2.45) is 5.92 Å². The molecule has 2 heterocycles. The summed E-state index contributed by atoms with van der Waals surface area (Å²) in [7, 11) is 0. The van der Waals surface area contributed by atoms with E-state index in [9.17, 15) is 9.59 Å². The molecule has 0 spiro atoms. The third-order valence-electron chi connectivity index (χ3n) is 4.76. The van der Waals surface area contributed by atoms with E-state index >= 15 is 0 Å². The molecule has 2 amide bonds. The first kappa shape index (κ1) is 15.1. The van der Waals surface area contributed by atoms with Crippen LogP contribution in [0.1, 0.15) is 43.6 Å². The molecule has 1 saturated heterocycles. The predicted octanol–water partition coefficient (Wildman–Crippen LogP) is 2.04. The van der Waals surface area contributed by atoms with Crippen molar-refractivity contribution in [3.8, 4) is 0 Å². The van der Waals surface area contributed by atoms with Gasteiger partial charge in [0.25, 0.3) is 0 Å². The van der Waals surface area contributed by atoms with Crippen LogP contribution in [-0.2, 0) is 16.0 Å². The molecule has 0 radical (unpaired) electrons. The van der Waals surface area contributed by atoms with Gasteiger partial charge in [0.2, 0.25) is 11.8 Å². The molecule has 2 aliphatic rings. The summed E-state index contributed by atoms with van der Waals surface area (Å²) in [6, 6.07) is 4.23. The van der Waals surface area contributed by atoms with E-state index in [2.05, 4.69) is 5.32 Å². The second-order valence-electron chi connectivity index (χ2n) is 6.44. The molecule has 0 aromatic carbocycles. The van der Waals surface area contributed by atoms with E-state index in [1.807, 2.05) is 24.0 Å². The summed E-state index contributed by atoms with van der Waals surface area (Å²) in [5.41, 5.74) is 0. The Labute approximate surface area is 131 Å². The minimum Gasteiger partial charge on any atom is -0.466 e. The lowest BCUT2D eigenvalue weighted by molar-refractivity contribution is -0.130. The molecule has 1 aromatic heterocycles. The number of furan rings is 1. The SMILES string of the molecule is Cc1ccc(CCNC(=O)C2CC(=O)N(C3CCCC3)C2)o1. The van der Waals surface area contributed by atoms with Gasteiger partial charge in [-0.15, -0.1) is 0 Å². The van der Waals surface area contributed by atoms with E-state index < -0.39 is 0 Å². The summed E-state index contributed by atoms with van der Waals surface area (Å²) in [5, 5.41) is 2.94. The molecule has 1 aliphatic heterocycles. The Balaban J connectivity index is 1.45. The lowest BCUT2D eigenvalue weighted by Gasteiger charge is -2.23. The van der Waals surface area contributed by atoms with Crippen LogP contribution in [0.4, 0.5) is 0 Å². The number of aryl methyl sites for hydroxylation is 1. The highest BCUT2D eigenvalue weighted by Crippen LogP contribution is 2.29. The van der Waals surface area contributed by atoms with E-state index in [4.69, 9.17) is 4.42 Å². The first-order valence-corrected chi connectivity index (χ1v) is 8.26. The van der Waals surface area contributed by atoms with Crippen LogP contribution < -0.4 is 5.32 Å². The maximum absolute atomic E-state index is 12.2. The molecular weight excluding hydrogens is 280 g/mol. The van der Waals surface area contributed by atoms with Gasteiger partial charge in [0.1, 0.15) is 11.5 Å². The van der Waals surface area contributed by atoms with Gasteiger partial charge in [-0.25, -0.2) is 0 Å². The largest absolute Gasteiger partial charge is 0.466 e. The fourth-order valence-corrected chi connectivity index (χ4v) is 3.55. The van der Waals surface area contributed by atoms with Crippen molar-refractivity contribution in [1.29, 1.82) is 0 Å². The molecule has 1 aromatic rings. The van der Waals surface area contributed by atoms with Crippen LogP contribution in [0.2, 0.25) is 0 Å². The number of nitrogens with zero attached hydrogens (tertiary/aromatic N) is 1. The van der Waals surface area contributed by atoms with E-state index in [1.165, 1.54) is 12.8 Å². The first-order valence-electron chi connectivity index (χ1n) is 8.26. The molecule has 22 heavy (non-hydrogen) atoms. The highest BCUT2D eigenvalue weighted by atomic mass is 16.3. The quantitative estimate of drug-likeness (QED) is 0.905. The van der Waals surface area contributed by atoms with Crippen molar-refractivity contribution in [2.75, 3.05) is 13.1 Å². The van der Waals surface area contributed by atoms with Gasteiger partial charge in [-0.05, 0) is 31.9 Å². The Morgan fingerprint density at radius 3 is 2.82 bits per heavy atom. The summed E-state index contributed by atoms with van der Waals surface area (Å²) in [6.45, 7) is 3.05. The molecule has 0 bridgehead atoms. The molecule has 1 aliphatic carbocycles. The zero-order valence-corrected chi connectivity index (χ0v) is 13.1. The van der Waals surface area contributed by atoms with E-state index in [-0.39, 0.29) is 17.7 Å². The maximum atomic E-state index is 12.2. The zero-order valence-electron chi connectivity index (χ0n) is 13.1. The molecule has 5 nitrogen and oxygen atoms in total. The van der Waals surface area contributed by atoms with Crippen LogP contribution in [0, 0.1) is 12.8 Å². The lowest BCUT2D eigenvalue weighted by atomic mass is 10.1. The number of nitrogens with one attached hydrogen (secondary N) is 1. The normalized spacial score (nSPS) is 22.5. The van der Waals surface area contributed by atoms with Crippen molar-refractivity contribution < 1.29 is 14.0 Å². The van der Waals surface area contributed by atoms with Gasteiger partial charge in [-0.1, -0.05) is 12.8 Å². The molecule has 2 fully saturated rings. The van der Waals surface area contributed by atoms with Gasteiger partial charge < -0.3 is 14.6 Å². The molecule has 1 unspecified atom stereocenters. The van der Waals surface area contributed by atoms with Crippen molar-refractivity contribution in [3.05, 3.63) is 23.7 Å². The Bertz CT molecular complexity index is 546. The molecule has 120 valence electrons. The van der Waals surface area contributed by atoms with Gasteiger partial charge in [-0.3, -0.25) is 9.59 Å². The second-order valence-corrected chi connectivity index (χ2v) is 6.44. The molecule has 3 rings (SSSR count). The number of hydrogen-bond donors (Lipinski definition) is 1. The van der Waals surface area contributed by atoms with E-state index in [0.717, 1.165) is 24.4 Å². The van der Waals surface area contributed by atoms with Crippen LogP contribution in [0.5, 0.6) is 0 Å². The second kappa shape index (κ2) is 6.55. The third-order valence-corrected chi connectivity index (χ3v) is 4.76. The van der Waals surface area contributed by atoms with Crippen LogP contribution in [0.15, 0.2) is 16.5 Å². The zero-order chi connectivity index (χ0) is 15.5. The Hall–Kier alpha value is -1.78. The van der Waals surface area contributed by atoms with Crippen molar-refractivity contribution in [1.82, 2.24) is 10.2 Å². The predicted molar refractivity (Wildman–Crippen MR) is 82.2 cm³/mol. The minimum absolute atomic E-state index is 0.00266. The monoisotopic (exact) mass is 304 g/mol. The van der Waals surface area contributed by atoms with Crippen LogP contribution in [0.3, 0.4) is 0 Å². The lowest BCUT2D eigenvalue weighted by Crippen LogP contribution is -2.37. The fourth-order valence-electron chi connectivity index (χ4n) is 3.55. The van der Waals surface area contributed by atoms with Crippen molar-refractivity contribution in [3.63, 3.8) is 0 Å². The summed E-state index contributed by atoms with van der Waals surface area (Å²) >= 11 is 0. The van der Waals surface area contributed by atoms with Crippen molar-refractivity contribution in [2.45, 2.75) is 51.5 Å². The molecule has 1 N–H and O–H groups in total. The smallest absolute Gasteiger partial charge is 0.225 e. The highest BCUT2D eigenvalue weighted by Gasteiger charge is 2.38. The van der Waals surface area contributed by atoms with Gasteiger partial charge in [-0.2, -0.15) is 0 Å². The molecule has 1 atom stereocenters. The molecule has 1 saturated carbocycles. The summed E-state index contributed by atoms with van der Waals surface area (Å²) in [5.74, 6) is 1.72. The van der Waals surface area contributed by atoms with E-state index in [0.29, 0.717) is 32.0 Å². The van der Waals surface area contributed by atoms with Gasteiger partial charge in [0.15, 0.2) is 0 Å². The third kappa shape index (κ3) is 3.34. The number of carbonyl (C=O) groups excluding carboxylic acids is 2. The fraction of sp³-hybridized carbons (Fsp3) is 0.647. The number of carbonyl (C=O) groups is 2. The van der Waals surface area contributed by atoms with Crippen LogP contribution in [0.25, 0.3) is 0 Å². The van der Waals surface area contributed by atoms with E-state index in [1.54, 1.807) is 0 Å². The average Bonchev–Trinajstić information content (AvgIpc) is 3.19. The van der Waals surface area contributed by atoms with Crippen LogP contribution in [-0.4, -0.2) is 35.8 Å². The summed E-state index contributed by atoms with van der Waals surface area (Å²) in [6.07, 6.45) is 5.65. The standard InChI is InChI=1S/C17H24N2O3/c1-12-6-7-15(22-12)8-9-18-17(21)13-10-16(20)19(11-13)14-4-2-3-5-14/h6-7,13-14H,2-5,8-11H2,1H3,(H,18,21). The Morgan fingerprint density at radius 2 is 2.14 bits per heavy atom. The number of amides is 2.